The predicted octanol–water partition coefficient (Wildman–Crippen LogP) is 5.77. The molecule has 1 aromatic carbocycles. The molecule has 0 unspecified atom stereocenters. The molecular weight excluding hydrogens is 561 g/mol. The van der Waals surface area contributed by atoms with Crippen molar-refractivity contribution in [2.24, 2.45) is 0 Å². The summed E-state index contributed by atoms with van der Waals surface area (Å²) in [7, 11) is 0. The van der Waals surface area contributed by atoms with Gasteiger partial charge in [0, 0.05) is 42.8 Å². The zero-order valence-electron chi connectivity index (χ0n) is 24.9. The molecule has 0 radical (unpaired) electrons. The highest BCUT2D eigenvalue weighted by Crippen LogP contribution is 2.35. The summed E-state index contributed by atoms with van der Waals surface area (Å²) in [4.78, 5) is 39.7. The molecule has 5 rings (SSSR count). The molecule has 222 valence electrons. The Morgan fingerprint density at radius 1 is 1.17 bits per heavy atom. The van der Waals surface area contributed by atoms with E-state index < -0.39 is 17.1 Å². The summed E-state index contributed by atoms with van der Waals surface area (Å²) in [6, 6.07) is 7.65. The number of anilines is 1. The maximum absolute atomic E-state index is 14.9. The van der Waals surface area contributed by atoms with Crippen molar-refractivity contribution >= 4 is 34.5 Å². The van der Waals surface area contributed by atoms with Gasteiger partial charge < -0.3 is 14.5 Å². The third kappa shape index (κ3) is 5.45. The maximum Gasteiger partial charge on any atom is 0.410 e. The molecule has 4 heterocycles. The van der Waals surface area contributed by atoms with Gasteiger partial charge in [0.15, 0.2) is 5.65 Å². The van der Waals surface area contributed by atoms with Gasteiger partial charge in [-0.15, -0.1) is 0 Å². The minimum absolute atomic E-state index is 0.0605. The van der Waals surface area contributed by atoms with Gasteiger partial charge >= 0.3 is 11.8 Å². The van der Waals surface area contributed by atoms with Crippen molar-refractivity contribution in [3.63, 3.8) is 0 Å². The lowest BCUT2D eigenvalue weighted by atomic mass is 10.1. The topological polar surface area (TPSA) is 98.4 Å². The second-order valence-electron chi connectivity index (χ2n) is 11.9. The van der Waals surface area contributed by atoms with Gasteiger partial charge in [-0.1, -0.05) is 23.7 Å². The third-order valence-corrected chi connectivity index (χ3v) is 7.42. The zero-order valence-corrected chi connectivity index (χ0v) is 25.6. The van der Waals surface area contributed by atoms with Crippen molar-refractivity contribution in [2.45, 2.75) is 66.2 Å². The molecule has 42 heavy (non-hydrogen) atoms. The van der Waals surface area contributed by atoms with Crippen molar-refractivity contribution < 1.29 is 13.9 Å². The van der Waals surface area contributed by atoms with Crippen LogP contribution in [0.15, 0.2) is 41.3 Å². The number of rotatable bonds is 4. The molecule has 0 bridgehead atoms. The molecule has 1 fully saturated rings. The Kier molecular flexibility index (Phi) is 7.74. The number of fused-ring (bicyclic) bond motifs is 1. The molecule has 10 nitrogen and oxygen atoms in total. The molecule has 0 aliphatic carbocycles. The fourth-order valence-electron chi connectivity index (χ4n) is 5.22. The number of carbonyl (C=O) groups excluding carboxylic acids is 1. The van der Waals surface area contributed by atoms with Crippen LogP contribution in [-0.4, -0.2) is 66.6 Å². The monoisotopic (exact) mass is 595 g/mol. The molecule has 1 aliphatic rings. The van der Waals surface area contributed by atoms with Crippen LogP contribution in [0, 0.1) is 12.7 Å². The molecule has 0 saturated carbocycles. The Labute approximate surface area is 248 Å². The van der Waals surface area contributed by atoms with Crippen LogP contribution in [0.5, 0.6) is 0 Å². The van der Waals surface area contributed by atoms with Gasteiger partial charge in [-0.05, 0) is 66.7 Å². The molecule has 0 spiro atoms. The summed E-state index contributed by atoms with van der Waals surface area (Å²) in [5.41, 5.74) is 0.293. The number of aryl methyl sites for hydroxylation is 1. The molecule has 3 aromatic heterocycles. The number of benzene rings is 1. The first-order chi connectivity index (χ1) is 19.8. The smallest absolute Gasteiger partial charge is 0.410 e. The summed E-state index contributed by atoms with van der Waals surface area (Å²) < 4.78 is 23.6. The molecule has 0 N–H and O–H groups in total. The van der Waals surface area contributed by atoms with E-state index in [1.54, 1.807) is 40.0 Å². The number of nitrogens with zero attached hydrogens (tertiary/aromatic N) is 7. The summed E-state index contributed by atoms with van der Waals surface area (Å²) in [5.74, 6) is 0.436. The van der Waals surface area contributed by atoms with Gasteiger partial charge in [0.2, 0.25) is 0 Å². The summed E-state index contributed by atoms with van der Waals surface area (Å²) in [5, 5.41) is 5.22. The number of hydrogen-bond donors (Lipinski definition) is 0. The van der Waals surface area contributed by atoms with Gasteiger partial charge in [0.05, 0.1) is 22.3 Å². The van der Waals surface area contributed by atoms with Gasteiger partial charge in [0.25, 0.3) is 0 Å². The molecule has 1 aliphatic heterocycles. The van der Waals surface area contributed by atoms with Gasteiger partial charge in [0.1, 0.15) is 23.1 Å². The minimum atomic E-state index is -0.612. The number of hydrogen-bond acceptors (Lipinski definition) is 7. The number of aromatic nitrogens is 5. The lowest BCUT2D eigenvalue weighted by Gasteiger charge is -2.41. The first kappa shape index (κ1) is 29.5. The second-order valence-corrected chi connectivity index (χ2v) is 12.3. The van der Waals surface area contributed by atoms with Gasteiger partial charge in [-0.25, -0.2) is 28.2 Å². The average molecular weight is 596 g/mol. The third-order valence-electron chi connectivity index (χ3n) is 7.13. The number of ether oxygens (including phenoxy) is 1. The summed E-state index contributed by atoms with van der Waals surface area (Å²) in [6.07, 6.45) is 1.30. The van der Waals surface area contributed by atoms with E-state index in [4.69, 9.17) is 21.3 Å². The lowest BCUT2D eigenvalue weighted by molar-refractivity contribution is 0.0218. The van der Waals surface area contributed by atoms with Crippen LogP contribution in [0.4, 0.5) is 15.0 Å². The van der Waals surface area contributed by atoms with E-state index in [1.165, 1.54) is 10.6 Å². The van der Waals surface area contributed by atoms with E-state index >= 15 is 0 Å². The summed E-state index contributed by atoms with van der Waals surface area (Å²) >= 11 is 6.76. The predicted molar refractivity (Wildman–Crippen MR) is 161 cm³/mol. The highest BCUT2D eigenvalue weighted by atomic mass is 35.5. The fraction of sp³-hybridized carbons (Fsp3) is 0.433. The first-order valence-corrected chi connectivity index (χ1v) is 14.3. The van der Waals surface area contributed by atoms with Crippen molar-refractivity contribution in [3.8, 4) is 17.1 Å². The van der Waals surface area contributed by atoms with E-state index in [0.717, 1.165) is 5.56 Å². The normalized spacial score (nSPS) is 16.0. The van der Waals surface area contributed by atoms with Crippen LogP contribution in [0.3, 0.4) is 0 Å². The molecule has 12 heteroatoms. The Morgan fingerprint density at radius 2 is 1.88 bits per heavy atom. The quantitative estimate of drug-likeness (QED) is 0.295. The van der Waals surface area contributed by atoms with Crippen LogP contribution >= 0.6 is 11.6 Å². The number of carbonyl (C=O) groups is 1. The minimum Gasteiger partial charge on any atom is -0.444 e. The van der Waals surface area contributed by atoms with E-state index in [1.807, 2.05) is 53.4 Å². The molecule has 1 amide bonds. The largest absolute Gasteiger partial charge is 0.444 e. The van der Waals surface area contributed by atoms with Crippen LogP contribution in [-0.2, 0) is 4.74 Å². The number of pyridine rings is 1. The molecule has 1 saturated heterocycles. The number of amides is 1. The second kappa shape index (κ2) is 11.0. The molecular formula is C30H35ClFN7O3. The van der Waals surface area contributed by atoms with Gasteiger partial charge in [-0.2, -0.15) is 10.1 Å². The van der Waals surface area contributed by atoms with E-state index in [9.17, 15) is 14.0 Å². The van der Waals surface area contributed by atoms with Crippen LogP contribution < -0.4 is 10.6 Å². The lowest BCUT2D eigenvalue weighted by Crippen LogP contribution is -2.55. The Bertz CT molecular complexity index is 1730. The van der Waals surface area contributed by atoms with Crippen molar-refractivity contribution in [1.82, 2.24) is 29.2 Å². The van der Waals surface area contributed by atoms with Crippen LogP contribution in [0.2, 0.25) is 5.02 Å². The van der Waals surface area contributed by atoms with E-state index in [2.05, 4.69) is 10.1 Å². The Morgan fingerprint density at radius 3 is 2.52 bits per heavy atom. The first-order valence-electron chi connectivity index (χ1n) is 13.9. The SMILES string of the molecule is Cc1cnn(C(C)C)c1-n1c(=O)nc(N2CCN(C(=O)OC(C)(C)C)C[C@@H]2C)c2cc(Cl)c(-c3ccccc3F)nc21. The van der Waals surface area contributed by atoms with Crippen LogP contribution in [0.25, 0.3) is 28.1 Å². The van der Waals surface area contributed by atoms with Crippen molar-refractivity contribution in [2.75, 3.05) is 24.5 Å². The van der Waals surface area contributed by atoms with Crippen molar-refractivity contribution in [3.05, 3.63) is 63.4 Å². The molecule has 1 atom stereocenters. The Hall–Kier alpha value is -3.99. The molecule has 4 aromatic rings. The highest BCUT2D eigenvalue weighted by Gasteiger charge is 2.33. The van der Waals surface area contributed by atoms with E-state index in [-0.39, 0.29) is 40.1 Å². The standard InChI is InChI=1S/C30H35ClFN7O3/c1-17(2)39-27(18(3)15-33-39)38-26-21(14-22(31)24(34-26)20-10-8-9-11-23(20)32)25(35-28(38)40)37-13-12-36(16-19(37)4)29(41)42-30(5,6)7/h8-11,14-15,17,19H,12-13,16H2,1-7H3/t19-/m0/s1. The summed E-state index contributed by atoms with van der Waals surface area (Å²) in [6.45, 7) is 14.4. The van der Waals surface area contributed by atoms with E-state index in [0.29, 0.717) is 36.7 Å². The maximum atomic E-state index is 14.9. The fourth-order valence-corrected chi connectivity index (χ4v) is 5.47. The van der Waals surface area contributed by atoms with Crippen LogP contribution in [0.1, 0.15) is 53.1 Å². The highest BCUT2D eigenvalue weighted by molar-refractivity contribution is 6.33. The number of halogens is 2. The van der Waals surface area contributed by atoms with Gasteiger partial charge in [-0.3, -0.25) is 0 Å². The number of piperazine rings is 1. The zero-order chi connectivity index (χ0) is 30.5. The average Bonchev–Trinajstić information content (AvgIpc) is 3.29. The Balaban J connectivity index is 1.70. The van der Waals surface area contributed by atoms with Crippen molar-refractivity contribution in [1.29, 1.82) is 0 Å².